The SMILES string of the molecule is O=C(NC(B(O)O)c1cccc(Cl)c1)c1cnn(Cc2ccccc2)c1. The van der Waals surface area contributed by atoms with Gasteiger partial charge in [0.1, 0.15) is 0 Å². The fourth-order valence-electron chi connectivity index (χ4n) is 2.59. The third-order valence-corrected chi connectivity index (χ3v) is 4.11. The van der Waals surface area contributed by atoms with Crippen LogP contribution < -0.4 is 5.32 Å². The van der Waals surface area contributed by atoms with Crippen molar-refractivity contribution in [2.75, 3.05) is 0 Å². The molecule has 0 saturated heterocycles. The molecule has 0 aliphatic heterocycles. The number of rotatable bonds is 6. The van der Waals surface area contributed by atoms with E-state index >= 15 is 0 Å². The molecule has 3 rings (SSSR count). The van der Waals surface area contributed by atoms with Gasteiger partial charge in [0.25, 0.3) is 5.91 Å². The van der Waals surface area contributed by atoms with Gasteiger partial charge in [-0.2, -0.15) is 5.10 Å². The second-order valence-corrected chi connectivity index (χ2v) is 6.27. The van der Waals surface area contributed by atoms with Gasteiger partial charge in [-0.15, -0.1) is 0 Å². The Morgan fingerprint density at radius 2 is 1.96 bits per heavy atom. The van der Waals surface area contributed by atoms with Crippen molar-refractivity contribution >= 4 is 24.6 Å². The summed E-state index contributed by atoms with van der Waals surface area (Å²) >= 11 is 5.94. The topological polar surface area (TPSA) is 87.4 Å². The van der Waals surface area contributed by atoms with Crippen LogP contribution in [0, 0.1) is 0 Å². The maximum atomic E-state index is 12.5. The van der Waals surface area contributed by atoms with Crippen LogP contribution in [0.2, 0.25) is 5.02 Å². The van der Waals surface area contributed by atoms with Crippen LogP contribution in [0.5, 0.6) is 0 Å². The first-order valence-corrected chi connectivity index (χ1v) is 8.39. The molecule has 1 amide bonds. The van der Waals surface area contributed by atoms with E-state index in [0.29, 0.717) is 22.7 Å². The molecule has 1 unspecified atom stereocenters. The summed E-state index contributed by atoms with van der Waals surface area (Å²) in [5, 5.41) is 26.5. The molecule has 1 heterocycles. The third-order valence-electron chi connectivity index (χ3n) is 3.88. The first-order chi connectivity index (χ1) is 12.5. The van der Waals surface area contributed by atoms with E-state index in [4.69, 9.17) is 11.6 Å². The lowest BCUT2D eigenvalue weighted by molar-refractivity contribution is 0.0941. The number of carbonyl (C=O) groups is 1. The number of aromatic nitrogens is 2. The number of nitrogens with one attached hydrogen (secondary N) is 1. The van der Waals surface area contributed by atoms with Gasteiger partial charge in [-0.3, -0.25) is 9.48 Å². The molecule has 1 atom stereocenters. The minimum absolute atomic E-state index is 0.327. The molecule has 132 valence electrons. The highest BCUT2D eigenvalue weighted by molar-refractivity contribution is 6.43. The molecule has 0 spiro atoms. The highest BCUT2D eigenvalue weighted by Crippen LogP contribution is 2.19. The number of carbonyl (C=O) groups excluding carboxylic acids is 1. The molecule has 0 bridgehead atoms. The van der Waals surface area contributed by atoms with E-state index < -0.39 is 19.0 Å². The van der Waals surface area contributed by atoms with Crippen molar-refractivity contribution in [1.82, 2.24) is 15.1 Å². The van der Waals surface area contributed by atoms with Crippen molar-refractivity contribution in [3.63, 3.8) is 0 Å². The van der Waals surface area contributed by atoms with Gasteiger partial charge < -0.3 is 15.4 Å². The summed E-state index contributed by atoms with van der Waals surface area (Å²) in [6.45, 7) is 0.536. The minimum atomic E-state index is -1.77. The lowest BCUT2D eigenvalue weighted by Gasteiger charge is -2.18. The van der Waals surface area contributed by atoms with Gasteiger partial charge in [0, 0.05) is 11.2 Å². The van der Waals surface area contributed by atoms with Gasteiger partial charge in [-0.05, 0) is 23.3 Å². The Bertz CT molecular complexity index is 886. The van der Waals surface area contributed by atoms with E-state index in [9.17, 15) is 14.8 Å². The number of amides is 1. The van der Waals surface area contributed by atoms with Crippen molar-refractivity contribution in [3.05, 3.63) is 88.7 Å². The van der Waals surface area contributed by atoms with Crippen molar-refractivity contribution in [2.24, 2.45) is 0 Å². The molecule has 0 saturated carbocycles. The largest absolute Gasteiger partial charge is 0.480 e. The molecule has 0 aliphatic rings. The number of nitrogens with zero attached hydrogens (tertiary/aromatic N) is 2. The van der Waals surface area contributed by atoms with Gasteiger partial charge in [-0.1, -0.05) is 54.1 Å². The van der Waals surface area contributed by atoms with E-state index in [0.717, 1.165) is 5.56 Å². The molecule has 3 aromatic rings. The normalized spacial score (nSPS) is 11.8. The summed E-state index contributed by atoms with van der Waals surface area (Å²) in [4.78, 5) is 12.5. The molecule has 2 aromatic carbocycles. The zero-order valence-electron chi connectivity index (χ0n) is 13.8. The van der Waals surface area contributed by atoms with Crippen LogP contribution in [0.25, 0.3) is 0 Å². The van der Waals surface area contributed by atoms with Gasteiger partial charge in [0.05, 0.1) is 24.2 Å². The number of hydrogen-bond donors (Lipinski definition) is 3. The molecular weight excluding hydrogens is 352 g/mol. The molecule has 8 heteroatoms. The van der Waals surface area contributed by atoms with Crippen molar-refractivity contribution in [2.45, 2.75) is 12.5 Å². The van der Waals surface area contributed by atoms with Gasteiger partial charge in [0.2, 0.25) is 0 Å². The predicted octanol–water partition coefficient (Wildman–Crippen LogP) is 2.07. The molecule has 0 fully saturated rings. The van der Waals surface area contributed by atoms with Crippen molar-refractivity contribution in [3.8, 4) is 0 Å². The first-order valence-electron chi connectivity index (χ1n) is 8.02. The molecule has 6 nitrogen and oxygen atoms in total. The molecule has 0 radical (unpaired) electrons. The Kier molecular flexibility index (Phi) is 5.73. The third kappa shape index (κ3) is 4.52. The quantitative estimate of drug-likeness (QED) is 0.581. The minimum Gasteiger partial charge on any atom is -0.426 e. The van der Waals surface area contributed by atoms with Crippen LogP contribution in [-0.4, -0.2) is 32.9 Å². The van der Waals surface area contributed by atoms with Crippen LogP contribution in [0.4, 0.5) is 0 Å². The Hall–Kier alpha value is -2.61. The first kappa shape index (κ1) is 18.2. The highest BCUT2D eigenvalue weighted by atomic mass is 35.5. The molecule has 1 aromatic heterocycles. The molecule has 3 N–H and O–H groups in total. The lowest BCUT2D eigenvalue weighted by Crippen LogP contribution is -2.39. The Morgan fingerprint density at radius 1 is 1.19 bits per heavy atom. The summed E-state index contributed by atoms with van der Waals surface area (Å²) in [7, 11) is -1.77. The van der Waals surface area contributed by atoms with Gasteiger partial charge in [0.15, 0.2) is 0 Å². The van der Waals surface area contributed by atoms with Crippen LogP contribution in [-0.2, 0) is 6.54 Å². The number of hydrogen-bond acceptors (Lipinski definition) is 4. The van der Waals surface area contributed by atoms with Crippen LogP contribution in [0.15, 0.2) is 67.0 Å². The average molecular weight is 370 g/mol. The van der Waals surface area contributed by atoms with E-state index in [1.807, 2.05) is 30.3 Å². The van der Waals surface area contributed by atoms with Gasteiger partial charge >= 0.3 is 7.12 Å². The van der Waals surface area contributed by atoms with Crippen molar-refractivity contribution < 1.29 is 14.8 Å². The second-order valence-electron chi connectivity index (χ2n) is 5.83. The number of benzene rings is 2. The van der Waals surface area contributed by atoms with Crippen LogP contribution in [0.3, 0.4) is 0 Å². The Morgan fingerprint density at radius 3 is 2.65 bits per heavy atom. The summed E-state index contributed by atoms with van der Waals surface area (Å²) in [6.07, 6.45) is 3.05. The zero-order chi connectivity index (χ0) is 18.5. The second kappa shape index (κ2) is 8.18. The van der Waals surface area contributed by atoms with Crippen LogP contribution in [0.1, 0.15) is 27.4 Å². The average Bonchev–Trinajstić information content (AvgIpc) is 3.08. The molecule has 0 aliphatic carbocycles. The summed E-state index contributed by atoms with van der Waals surface area (Å²) < 4.78 is 1.65. The molecule has 26 heavy (non-hydrogen) atoms. The molecular formula is C18H17BClN3O3. The maximum Gasteiger partial charge on any atom is 0.480 e. The van der Waals surface area contributed by atoms with E-state index in [-0.39, 0.29) is 0 Å². The van der Waals surface area contributed by atoms with E-state index in [1.54, 1.807) is 35.1 Å². The van der Waals surface area contributed by atoms with Gasteiger partial charge in [-0.25, -0.2) is 0 Å². The highest BCUT2D eigenvalue weighted by Gasteiger charge is 2.28. The Balaban J connectivity index is 1.72. The summed E-state index contributed by atoms with van der Waals surface area (Å²) in [5.41, 5.74) is 1.89. The maximum absolute atomic E-state index is 12.5. The number of halogens is 1. The smallest absolute Gasteiger partial charge is 0.426 e. The summed E-state index contributed by atoms with van der Waals surface area (Å²) in [5.74, 6) is -1.46. The fourth-order valence-corrected chi connectivity index (χ4v) is 2.79. The predicted molar refractivity (Wildman–Crippen MR) is 99.6 cm³/mol. The monoisotopic (exact) mass is 369 g/mol. The van der Waals surface area contributed by atoms with Crippen molar-refractivity contribution in [1.29, 1.82) is 0 Å². The lowest BCUT2D eigenvalue weighted by atomic mass is 9.75. The van der Waals surface area contributed by atoms with Crippen LogP contribution >= 0.6 is 11.6 Å². The standard InChI is InChI=1S/C18H17BClN3O3/c20-16-8-4-7-14(9-16)17(19(25)26)22-18(24)15-10-21-23(12-15)11-13-5-2-1-3-6-13/h1-10,12,17,25-26H,11H2,(H,22,24). The Labute approximate surface area is 156 Å². The van der Waals surface area contributed by atoms with E-state index in [1.165, 1.54) is 6.20 Å². The van der Waals surface area contributed by atoms with E-state index in [2.05, 4.69) is 10.4 Å². The summed E-state index contributed by atoms with van der Waals surface area (Å²) in [6, 6.07) is 16.3. The fraction of sp³-hybridized carbons (Fsp3) is 0.111. The zero-order valence-corrected chi connectivity index (χ0v) is 14.5.